The summed E-state index contributed by atoms with van der Waals surface area (Å²) in [7, 11) is 2.01. The van der Waals surface area contributed by atoms with E-state index in [-0.39, 0.29) is 11.4 Å². The molecule has 138 valence electrons. The topological polar surface area (TPSA) is 68.2 Å². The van der Waals surface area contributed by atoms with Gasteiger partial charge >= 0.3 is 0 Å². The molecule has 2 radical (unpaired) electrons. The molecule has 1 N–H and O–H groups in total. The van der Waals surface area contributed by atoms with Crippen molar-refractivity contribution >= 4 is 67.0 Å². The van der Waals surface area contributed by atoms with Crippen LogP contribution in [0.25, 0.3) is 21.8 Å². The van der Waals surface area contributed by atoms with Gasteiger partial charge in [-0.2, -0.15) is 0 Å². The summed E-state index contributed by atoms with van der Waals surface area (Å²) < 4.78 is 29.7. The Labute approximate surface area is 171 Å². The van der Waals surface area contributed by atoms with Crippen LogP contribution in [0, 0.1) is 0 Å². The van der Waals surface area contributed by atoms with Crippen LogP contribution in [0.4, 0.5) is 0 Å². The highest BCUT2D eigenvalue weighted by Crippen LogP contribution is 2.30. The number of halogens is 1. The van der Waals surface area contributed by atoms with E-state index in [0.717, 1.165) is 26.3 Å². The van der Waals surface area contributed by atoms with Gasteiger partial charge in [-0.05, 0) is 36.4 Å². The van der Waals surface area contributed by atoms with Crippen molar-refractivity contribution in [3.63, 3.8) is 0 Å². The second-order valence-corrected chi connectivity index (χ2v) is 8.96. The smallest absolute Gasteiger partial charge is 0.264 e. The van der Waals surface area contributed by atoms with E-state index < -0.39 is 15.9 Å². The van der Waals surface area contributed by atoms with Crippen LogP contribution in [0.5, 0.6) is 0 Å². The standard InChI is InChI=1S/C20H14BBrN2O3S/c21-13-6-8-18-16(10-13)17-11-14(22)7-9-19(17)24(18)12-20(25)23-28(26,27)15-4-2-1-3-5-15/h1-11H,12H2,(H,23,25). The Morgan fingerprint density at radius 2 is 1.61 bits per heavy atom. The molecule has 0 aliphatic heterocycles. The van der Waals surface area contributed by atoms with E-state index >= 15 is 0 Å². The predicted molar refractivity (Wildman–Crippen MR) is 114 cm³/mol. The number of rotatable bonds is 4. The Morgan fingerprint density at radius 1 is 0.964 bits per heavy atom. The maximum atomic E-state index is 12.6. The van der Waals surface area contributed by atoms with E-state index in [4.69, 9.17) is 7.85 Å². The predicted octanol–water partition coefficient (Wildman–Crippen LogP) is 2.86. The van der Waals surface area contributed by atoms with Crippen LogP contribution in [0.2, 0.25) is 0 Å². The van der Waals surface area contributed by atoms with Crippen molar-refractivity contribution in [3.8, 4) is 0 Å². The zero-order valence-corrected chi connectivity index (χ0v) is 17.0. The summed E-state index contributed by atoms with van der Waals surface area (Å²) in [6.45, 7) is -0.141. The monoisotopic (exact) mass is 452 g/mol. The zero-order valence-electron chi connectivity index (χ0n) is 14.6. The zero-order chi connectivity index (χ0) is 19.9. The van der Waals surface area contributed by atoms with Gasteiger partial charge in [0.05, 0.1) is 4.90 Å². The van der Waals surface area contributed by atoms with E-state index in [0.29, 0.717) is 5.46 Å². The molecule has 0 atom stereocenters. The van der Waals surface area contributed by atoms with Gasteiger partial charge in [-0.25, -0.2) is 13.1 Å². The number of aromatic nitrogens is 1. The molecule has 8 heteroatoms. The third-order valence-electron chi connectivity index (χ3n) is 4.45. The maximum absolute atomic E-state index is 12.6. The van der Waals surface area contributed by atoms with Crippen molar-refractivity contribution < 1.29 is 13.2 Å². The first-order chi connectivity index (χ1) is 13.3. The fourth-order valence-corrected chi connectivity index (χ4v) is 4.61. The normalized spacial score (nSPS) is 11.8. The van der Waals surface area contributed by atoms with Gasteiger partial charge in [0.1, 0.15) is 14.4 Å². The number of sulfonamides is 1. The Kier molecular flexibility index (Phi) is 4.77. The van der Waals surface area contributed by atoms with Crippen molar-refractivity contribution in [2.75, 3.05) is 0 Å². The van der Waals surface area contributed by atoms with E-state index in [1.54, 1.807) is 28.8 Å². The molecule has 0 unspecified atom stereocenters. The van der Waals surface area contributed by atoms with Gasteiger partial charge in [0.25, 0.3) is 15.9 Å². The molecule has 4 aromatic rings. The highest BCUT2D eigenvalue weighted by atomic mass is 79.9. The SMILES string of the molecule is [B]c1ccc2c(c1)c1cc(Br)ccc1n2CC(=O)NS(=O)(=O)c1ccccc1. The molecule has 1 amide bonds. The van der Waals surface area contributed by atoms with Crippen LogP contribution in [0.15, 0.2) is 76.1 Å². The minimum atomic E-state index is -3.92. The lowest BCUT2D eigenvalue weighted by Gasteiger charge is -2.10. The molecule has 1 aromatic heterocycles. The van der Waals surface area contributed by atoms with Gasteiger partial charge < -0.3 is 4.57 Å². The van der Waals surface area contributed by atoms with Crippen molar-refractivity contribution in [2.24, 2.45) is 0 Å². The van der Waals surface area contributed by atoms with Crippen LogP contribution < -0.4 is 10.2 Å². The average molecular weight is 453 g/mol. The summed E-state index contributed by atoms with van der Waals surface area (Å²) >= 11 is 3.46. The number of carbonyl (C=O) groups is 1. The minimum absolute atomic E-state index is 0.0438. The molecule has 28 heavy (non-hydrogen) atoms. The van der Waals surface area contributed by atoms with E-state index in [9.17, 15) is 13.2 Å². The Balaban J connectivity index is 1.74. The van der Waals surface area contributed by atoms with Gasteiger partial charge in [-0.1, -0.05) is 51.7 Å². The first-order valence-electron chi connectivity index (χ1n) is 8.43. The fourth-order valence-electron chi connectivity index (χ4n) is 3.25. The molecule has 0 bridgehead atoms. The summed E-state index contributed by atoms with van der Waals surface area (Å²) in [6.07, 6.45) is 0. The summed E-state index contributed by atoms with van der Waals surface area (Å²) in [5.41, 5.74) is 2.23. The Bertz CT molecular complexity index is 1260. The number of hydrogen-bond acceptors (Lipinski definition) is 3. The molecule has 4 rings (SSSR count). The van der Waals surface area contributed by atoms with Crippen LogP contribution in [0.1, 0.15) is 0 Å². The largest absolute Gasteiger partial charge is 0.331 e. The number of nitrogens with zero attached hydrogens (tertiary/aromatic N) is 1. The van der Waals surface area contributed by atoms with Crippen molar-refractivity contribution in [1.29, 1.82) is 0 Å². The minimum Gasteiger partial charge on any atom is -0.331 e. The molecule has 3 aromatic carbocycles. The highest BCUT2D eigenvalue weighted by molar-refractivity contribution is 9.10. The van der Waals surface area contributed by atoms with E-state index in [2.05, 4.69) is 20.7 Å². The number of nitrogens with one attached hydrogen (secondary N) is 1. The Hall–Kier alpha value is -2.58. The summed E-state index contributed by atoms with van der Waals surface area (Å²) in [4.78, 5) is 12.6. The van der Waals surface area contributed by atoms with Gasteiger partial charge in [0, 0.05) is 26.3 Å². The summed E-state index contributed by atoms with van der Waals surface area (Å²) in [5.74, 6) is -0.623. The fraction of sp³-hybridized carbons (Fsp3) is 0.0500. The number of benzene rings is 3. The molecule has 1 heterocycles. The second-order valence-electron chi connectivity index (χ2n) is 6.37. The number of fused-ring (bicyclic) bond motifs is 3. The average Bonchev–Trinajstić information content (AvgIpc) is 2.94. The third kappa shape index (κ3) is 3.45. The first-order valence-corrected chi connectivity index (χ1v) is 10.7. The Morgan fingerprint density at radius 3 is 2.32 bits per heavy atom. The number of amides is 1. The van der Waals surface area contributed by atoms with Crippen molar-refractivity contribution in [2.45, 2.75) is 11.4 Å². The lowest BCUT2D eigenvalue weighted by atomic mass is 9.94. The highest BCUT2D eigenvalue weighted by Gasteiger charge is 2.19. The molecule has 5 nitrogen and oxygen atoms in total. The van der Waals surface area contributed by atoms with Crippen LogP contribution in [0.3, 0.4) is 0 Å². The van der Waals surface area contributed by atoms with E-state index in [1.807, 2.05) is 30.3 Å². The lowest BCUT2D eigenvalue weighted by Crippen LogP contribution is -2.33. The first kappa shape index (κ1) is 18.8. The second kappa shape index (κ2) is 7.11. The number of carbonyl (C=O) groups excluding carboxylic acids is 1. The maximum Gasteiger partial charge on any atom is 0.264 e. The quantitative estimate of drug-likeness (QED) is 0.484. The molecular formula is C20H14BBrN2O3S. The number of hydrogen-bond donors (Lipinski definition) is 1. The van der Waals surface area contributed by atoms with Crippen molar-refractivity contribution in [1.82, 2.24) is 9.29 Å². The van der Waals surface area contributed by atoms with E-state index in [1.165, 1.54) is 12.1 Å². The van der Waals surface area contributed by atoms with Crippen LogP contribution in [-0.2, 0) is 21.4 Å². The van der Waals surface area contributed by atoms with Gasteiger partial charge in [-0.15, -0.1) is 0 Å². The van der Waals surface area contributed by atoms with Crippen molar-refractivity contribution in [3.05, 3.63) is 71.2 Å². The molecule has 0 fully saturated rings. The van der Waals surface area contributed by atoms with Crippen LogP contribution in [-0.4, -0.2) is 26.7 Å². The molecule has 0 saturated heterocycles. The summed E-state index contributed by atoms with van der Waals surface area (Å²) in [5, 5.41) is 1.82. The van der Waals surface area contributed by atoms with Crippen LogP contribution >= 0.6 is 15.9 Å². The molecular weight excluding hydrogens is 439 g/mol. The molecule has 0 saturated carbocycles. The van der Waals surface area contributed by atoms with Gasteiger partial charge in [0.15, 0.2) is 0 Å². The van der Waals surface area contributed by atoms with Gasteiger partial charge in [-0.3, -0.25) is 4.79 Å². The third-order valence-corrected chi connectivity index (χ3v) is 6.34. The molecule has 0 aliphatic rings. The molecule has 0 aliphatic carbocycles. The lowest BCUT2D eigenvalue weighted by molar-refractivity contribution is -0.119. The van der Waals surface area contributed by atoms with Gasteiger partial charge in [0.2, 0.25) is 0 Å². The molecule has 0 spiro atoms. The summed E-state index contributed by atoms with van der Waals surface area (Å²) in [6, 6.07) is 18.9.